The molecule has 0 N–H and O–H groups in total. The minimum atomic E-state index is -3.01. The summed E-state index contributed by atoms with van der Waals surface area (Å²) in [7, 11) is 0. The van der Waals surface area contributed by atoms with Gasteiger partial charge in [0.2, 0.25) is 0 Å². The molecular weight excluding hydrogens is 787 g/mol. The Bertz CT molecular complexity index is 2000. The van der Waals surface area contributed by atoms with Crippen LogP contribution in [0.15, 0.2) is 106 Å². The maximum absolute atomic E-state index is 3.01. The van der Waals surface area contributed by atoms with Gasteiger partial charge in [-0.1, -0.05) is 0 Å². The normalized spacial score (nSPS) is 15.9. The molecule has 1 atom stereocenters. The molecule has 0 aliphatic heterocycles. The van der Waals surface area contributed by atoms with Gasteiger partial charge in [-0.2, -0.15) is 0 Å². The molecule has 4 aromatic rings. The molecule has 0 fully saturated rings. The number of fused-ring (bicyclic) bond motifs is 3. The summed E-state index contributed by atoms with van der Waals surface area (Å²) in [6.45, 7) is 37.9. The molecule has 55 heavy (non-hydrogen) atoms. The summed E-state index contributed by atoms with van der Waals surface area (Å²) in [4.78, 5) is 0. The first-order valence-corrected chi connectivity index (χ1v) is 23.9. The van der Waals surface area contributed by atoms with E-state index in [1.165, 1.54) is 50.1 Å². The number of hydrogen-bond donors (Lipinski definition) is 0. The predicted molar refractivity (Wildman–Crippen MR) is 229 cm³/mol. The van der Waals surface area contributed by atoms with Gasteiger partial charge < -0.3 is 24.8 Å². The molecule has 3 heteroatoms. The molecule has 6 rings (SSSR count). The van der Waals surface area contributed by atoms with E-state index < -0.39 is 21.3 Å². The standard InChI is InChI=1S/C21H25.C21H26.C10H15.2ClH.Zr/c1-20(2,3)16-7-9-18-14(12-16)11-15-13-17(21(4,5)6)8-10-19(15)18;1-20(2,3)18-11-7-16(8-12-18)15-17-9-13-19(14-10-17)21(4,5)6;1-8-5-6-9(7-8)10(2,3)4;;;/h7-13H,1-6H3;7-14H,1-6H3;6-8H,1-4H3;2*1H;/q;;;;;+2/p-2. The van der Waals surface area contributed by atoms with Crippen molar-refractivity contribution in [2.45, 2.75) is 136 Å². The average molecular weight is 853 g/mol. The van der Waals surface area contributed by atoms with E-state index in [0.717, 1.165) is 0 Å². The van der Waals surface area contributed by atoms with E-state index in [2.05, 4.69) is 208 Å². The third-order valence-corrected chi connectivity index (χ3v) is 20.5. The molecule has 2 aliphatic carbocycles. The number of benzene rings is 4. The van der Waals surface area contributed by atoms with Crippen LogP contribution < -0.4 is 24.8 Å². The van der Waals surface area contributed by atoms with E-state index >= 15 is 0 Å². The molecule has 0 spiro atoms. The van der Waals surface area contributed by atoms with E-state index in [0.29, 0.717) is 9.54 Å². The molecule has 0 nitrogen and oxygen atoms in total. The number of hydrogen-bond acceptors (Lipinski definition) is 0. The van der Waals surface area contributed by atoms with Gasteiger partial charge >= 0.3 is 333 Å². The van der Waals surface area contributed by atoms with Gasteiger partial charge in [-0.05, 0) is 0 Å². The van der Waals surface area contributed by atoms with E-state index in [1.54, 1.807) is 17.6 Å². The van der Waals surface area contributed by atoms with Crippen molar-refractivity contribution >= 4 is 3.21 Å². The molecule has 1 unspecified atom stereocenters. The second-order valence-electron chi connectivity index (χ2n) is 21.2. The van der Waals surface area contributed by atoms with E-state index in [-0.39, 0.29) is 51.9 Å². The molecule has 0 amide bonds. The van der Waals surface area contributed by atoms with E-state index in [4.69, 9.17) is 0 Å². The van der Waals surface area contributed by atoms with Crippen LogP contribution in [0.4, 0.5) is 0 Å². The zero-order valence-electron chi connectivity index (χ0n) is 36.6. The molecule has 4 aromatic carbocycles. The van der Waals surface area contributed by atoms with Gasteiger partial charge in [-0.25, -0.2) is 0 Å². The summed E-state index contributed by atoms with van der Waals surface area (Å²) in [5.74, 6) is 0.403. The summed E-state index contributed by atoms with van der Waals surface area (Å²) in [6, 6.07) is 34.5. The molecule has 292 valence electrons. The molecular formula is C52H66Cl2Zr. The first-order valence-electron chi connectivity index (χ1n) is 20.1. The van der Waals surface area contributed by atoms with Crippen molar-refractivity contribution in [3.63, 3.8) is 0 Å². The number of rotatable bonds is 4. The molecule has 0 radical (unpaired) electrons. The van der Waals surface area contributed by atoms with Crippen molar-refractivity contribution in [3.8, 4) is 11.1 Å². The first kappa shape index (κ1) is 45.4. The van der Waals surface area contributed by atoms with Crippen LogP contribution in [0.5, 0.6) is 0 Å². The molecule has 2 aliphatic rings. The van der Waals surface area contributed by atoms with Gasteiger partial charge in [-0.15, -0.1) is 0 Å². The molecule has 0 aromatic heterocycles. The third kappa shape index (κ3) is 9.22. The minimum absolute atomic E-state index is 0. The average Bonchev–Trinajstić information content (AvgIpc) is 3.59. The number of allylic oxidation sites excluding steroid dienone is 4. The molecule has 0 saturated heterocycles. The molecule has 0 heterocycles. The largest absolute Gasteiger partial charge is 1.00 e. The zero-order valence-corrected chi connectivity index (χ0v) is 40.6. The summed E-state index contributed by atoms with van der Waals surface area (Å²) in [6.07, 6.45) is 5.29. The Morgan fingerprint density at radius 3 is 1.11 bits per heavy atom. The van der Waals surface area contributed by atoms with Crippen molar-refractivity contribution < 1.29 is 46.1 Å². The van der Waals surface area contributed by atoms with Gasteiger partial charge in [0, 0.05) is 0 Å². The third-order valence-electron chi connectivity index (χ3n) is 11.8. The van der Waals surface area contributed by atoms with Crippen molar-refractivity contribution in [3.05, 3.63) is 150 Å². The Kier molecular flexibility index (Phi) is 13.0. The van der Waals surface area contributed by atoms with Crippen LogP contribution in [-0.2, 0) is 42.9 Å². The summed E-state index contributed by atoms with van der Waals surface area (Å²) < 4.78 is 3.70. The van der Waals surface area contributed by atoms with Crippen LogP contribution >= 0.6 is 0 Å². The van der Waals surface area contributed by atoms with Crippen LogP contribution in [0.3, 0.4) is 0 Å². The Hall–Kier alpha value is -2.31. The van der Waals surface area contributed by atoms with E-state index in [9.17, 15) is 0 Å². The van der Waals surface area contributed by atoms with Crippen LogP contribution in [0, 0.1) is 11.3 Å². The van der Waals surface area contributed by atoms with Crippen LogP contribution in [0.1, 0.15) is 159 Å². The van der Waals surface area contributed by atoms with Gasteiger partial charge in [0.1, 0.15) is 0 Å². The van der Waals surface area contributed by atoms with Crippen LogP contribution in [-0.4, -0.2) is 3.21 Å². The minimum Gasteiger partial charge on any atom is -1.00 e. The topological polar surface area (TPSA) is 0 Å². The molecule has 0 saturated carbocycles. The fourth-order valence-corrected chi connectivity index (χ4v) is 17.7. The predicted octanol–water partition coefficient (Wildman–Crippen LogP) is 8.35. The number of halogens is 2. The van der Waals surface area contributed by atoms with Crippen LogP contribution in [0.25, 0.3) is 11.1 Å². The van der Waals surface area contributed by atoms with E-state index in [1.807, 2.05) is 0 Å². The van der Waals surface area contributed by atoms with Crippen molar-refractivity contribution in [2.24, 2.45) is 11.3 Å². The Morgan fingerprint density at radius 1 is 0.455 bits per heavy atom. The zero-order chi connectivity index (χ0) is 39.1. The molecule has 0 bridgehead atoms. The first-order chi connectivity index (χ1) is 24.4. The quantitative estimate of drug-likeness (QED) is 0.194. The Balaban J connectivity index is 0.00000336. The van der Waals surface area contributed by atoms with Gasteiger partial charge in [0.05, 0.1) is 0 Å². The maximum Gasteiger partial charge on any atom is -1.00 e. The van der Waals surface area contributed by atoms with Crippen molar-refractivity contribution in [2.75, 3.05) is 0 Å². The Labute approximate surface area is 355 Å². The fourth-order valence-electron chi connectivity index (χ4n) is 8.21. The second-order valence-corrected chi connectivity index (χ2v) is 27.3. The monoisotopic (exact) mass is 850 g/mol. The van der Waals surface area contributed by atoms with Gasteiger partial charge in [0.15, 0.2) is 0 Å². The Morgan fingerprint density at radius 2 is 0.800 bits per heavy atom. The summed E-state index contributed by atoms with van der Waals surface area (Å²) in [5, 5.41) is 0. The smallest absolute Gasteiger partial charge is 1.00 e. The SMILES string of the molecule is CC1C=C(C(C)(C)C)C=[C]1[Zr+2](=[C](c1ccc(C(C)(C)C)cc1)c1ccc(C(C)(C)C)cc1)[CH]1c2cc(C(C)(C)C)ccc2-c2ccc(C(C)(C)C)cc21.[Cl-].[Cl-]. The second kappa shape index (κ2) is 15.8. The van der Waals surface area contributed by atoms with Crippen molar-refractivity contribution in [1.29, 1.82) is 0 Å². The van der Waals surface area contributed by atoms with Gasteiger partial charge in [0.25, 0.3) is 0 Å². The summed E-state index contributed by atoms with van der Waals surface area (Å²) >= 11 is -3.01. The van der Waals surface area contributed by atoms with Crippen LogP contribution in [0.2, 0.25) is 0 Å². The maximum atomic E-state index is 2.69. The van der Waals surface area contributed by atoms with Crippen molar-refractivity contribution in [1.82, 2.24) is 0 Å². The van der Waals surface area contributed by atoms with Gasteiger partial charge in [-0.3, -0.25) is 0 Å². The fraction of sp³-hybridized carbons (Fsp3) is 0.442. The summed E-state index contributed by atoms with van der Waals surface area (Å²) in [5.41, 5.74) is 16.4.